The number of hydrogen-bond donors (Lipinski definition) is 0. The Hall–Kier alpha value is -7.94. The lowest BCUT2D eigenvalue weighted by atomic mass is 9.96. The maximum absolute atomic E-state index is 8.82. The fourth-order valence-electron chi connectivity index (χ4n) is 7.34. The van der Waals surface area contributed by atoms with Gasteiger partial charge in [-0.2, -0.15) is 0 Å². The zero-order valence-corrected chi connectivity index (χ0v) is 34.1. The molecule has 0 saturated carbocycles. The molecule has 1 aliphatic rings. The smallest absolute Gasteiger partial charge is 0.0645 e. The Kier molecular flexibility index (Phi) is 9.89. The van der Waals surface area contributed by atoms with Crippen LogP contribution in [-0.4, -0.2) is 6.04 Å². The summed E-state index contributed by atoms with van der Waals surface area (Å²) in [6, 6.07) is 46.3. The van der Waals surface area contributed by atoms with E-state index in [1.807, 2.05) is 120 Å². The van der Waals surface area contributed by atoms with Crippen LogP contribution in [0.4, 0.5) is 22.7 Å². The molecule has 1 unspecified atom stereocenters. The molecule has 2 heteroatoms. The van der Waals surface area contributed by atoms with Crippen molar-refractivity contribution in [3.63, 3.8) is 0 Å². The van der Waals surface area contributed by atoms with E-state index in [2.05, 4.69) is 85.5 Å². The van der Waals surface area contributed by atoms with Crippen molar-refractivity contribution in [3.05, 3.63) is 279 Å². The summed E-state index contributed by atoms with van der Waals surface area (Å²) >= 11 is 0. The van der Waals surface area contributed by atoms with Crippen molar-refractivity contribution in [2.45, 2.75) is 12.5 Å². The third-order valence-electron chi connectivity index (χ3n) is 10.5. The van der Waals surface area contributed by atoms with E-state index in [9.17, 15) is 0 Å². The van der Waals surface area contributed by atoms with Crippen LogP contribution >= 0.6 is 0 Å². The summed E-state index contributed by atoms with van der Waals surface area (Å²) in [7, 11) is 0. The predicted molar refractivity (Wildman–Crippen MR) is 269 cm³/mol. The molecule has 1 atom stereocenters. The Labute approximate surface area is 381 Å². The van der Waals surface area contributed by atoms with E-state index in [0.717, 1.165) is 55.8 Å². The molecular weight excluding hydrogens is 749 g/mol. The molecule has 1 aliphatic carbocycles. The van der Waals surface area contributed by atoms with Crippen LogP contribution in [0, 0.1) is 0 Å². The summed E-state index contributed by atoms with van der Waals surface area (Å²) in [5.74, 6) is 0. The zero-order valence-electron chi connectivity index (χ0n) is 44.1. The van der Waals surface area contributed by atoms with Gasteiger partial charge in [0.2, 0.25) is 0 Å². The zero-order chi connectivity index (χ0) is 50.9. The minimum absolute atomic E-state index is 0.0574. The van der Waals surface area contributed by atoms with E-state index < -0.39 is 36.3 Å². The Morgan fingerprint density at radius 3 is 1.63 bits per heavy atom. The Balaban J connectivity index is 1.01. The van der Waals surface area contributed by atoms with Crippen LogP contribution in [0.15, 0.2) is 268 Å². The molecule has 7 aromatic rings. The fraction of sp³-hybridized carbons (Fsp3) is 0.0333. The lowest BCUT2D eigenvalue weighted by Gasteiger charge is -2.30. The minimum Gasteiger partial charge on any atom is -0.341 e. The normalized spacial score (nSPS) is 16.9. The molecule has 8 rings (SSSR count). The number of para-hydroxylation sites is 1. The number of nitrogens with zero attached hydrogens (tertiary/aromatic N) is 2. The molecule has 0 bridgehead atoms. The van der Waals surface area contributed by atoms with Gasteiger partial charge in [-0.15, -0.1) is 0 Å². The van der Waals surface area contributed by atoms with Crippen molar-refractivity contribution in [2.24, 2.45) is 0 Å². The topological polar surface area (TPSA) is 6.48 Å². The van der Waals surface area contributed by atoms with Gasteiger partial charge >= 0.3 is 0 Å². The summed E-state index contributed by atoms with van der Waals surface area (Å²) < 4.78 is 83.2. The van der Waals surface area contributed by atoms with Crippen LogP contribution in [0.25, 0.3) is 45.0 Å². The highest BCUT2D eigenvalue weighted by Crippen LogP contribution is 2.37. The third-order valence-corrected chi connectivity index (χ3v) is 10.5. The average Bonchev–Trinajstić information content (AvgIpc) is 3.43. The second-order valence-corrected chi connectivity index (χ2v) is 14.4. The van der Waals surface area contributed by atoms with Crippen molar-refractivity contribution >= 4 is 34.4 Å². The molecule has 62 heavy (non-hydrogen) atoms. The van der Waals surface area contributed by atoms with Gasteiger partial charge in [-0.1, -0.05) is 213 Å². The lowest BCUT2D eigenvalue weighted by Crippen LogP contribution is -2.29. The van der Waals surface area contributed by atoms with Crippen LogP contribution in [0.1, 0.15) is 31.3 Å². The lowest BCUT2D eigenvalue weighted by molar-refractivity contribution is 0.781. The van der Waals surface area contributed by atoms with Gasteiger partial charge < -0.3 is 9.80 Å². The maximum atomic E-state index is 8.82. The van der Waals surface area contributed by atoms with Crippen molar-refractivity contribution < 1.29 is 13.7 Å². The van der Waals surface area contributed by atoms with Crippen LogP contribution in [-0.2, 0) is 0 Å². The average molecular weight is 809 g/mol. The quantitative estimate of drug-likeness (QED) is 0.0952. The van der Waals surface area contributed by atoms with Crippen molar-refractivity contribution in [2.75, 3.05) is 9.80 Å². The van der Waals surface area contributed by atoms with Crippen molar-refractivity contribution in [3.8, 4) is 33.4 Å². The van der Waals surface area contributed by atoms with E-state index in [1.165, 1.54) is 6.20 Å². The van der Waals surface area contributed by atoms with E-state index in [-0.39, 0.29) is 29.9 Å². The minimum atomic E-state index is -0.487. The molecule has 0 spiro atoms. The van der Waals surface area contributed by atoms with Gasteiger partial charge in [0.05, 0.1) is 19.7 Å². The van der Waals surface area contributed by atoms with Crippen LogP contribution in [0.2, 0.25) is 0 Å². The van der Waals surface area contributed by atoms with Gasteiger partial charge in [-0.3, -0.25) is 0 Å². The van der Waals surface area contributed by atoms with Gasteiger partial charge in [-0.25, -0.2) is 0 Å². The summed E-state index contributed by atoms with van der Waals surface area (Å²) in [6.45, 7) is 4.39. The molecule has 0 saturated heterocycles. The molecule has 7 aromatic carbocycles. The molecule has 0 fully saturated rings. The highest BCUT2D eigenvalue weighted by Gasteiger charge is 2.18. The largest absolute Gasteiger partial charge is 0.341 e. The first-order valence-electron chi connectivity index (χ1n) is 25.4. The molecule has 0 aromatic heterocycles. The summed E-state index contributed by atoms with van der Waals surface area (Å²) in [4.78, 5) is 3.62. The number of allylic oxidation sites excluding steroid dienone is 10. The molecule has 0 heterocycles. The first-order valence-corrected chi connectivity index (χ1v) is 20.3. The second-order valence-electron chi connectivity index (χ2n) is 14.4. The molecule has 0 amide bonds. The Morgan fingerprint density at radius 2 is 1.10 bits per heavy atom. The molecule has 300 valence electrons. The first-order chi connectivity index (χ1) is 34.9. The van der Waals surface area contributed by atoms with Gasteiger partial charge in [-0.05, 0) is 111 Å². The predicted octanol–water partition coefficient (Wildman–Crippen LogP) is 16.4. The monoisotopic (exact) mass is 808 g/mol. The van der Waals surface area contributed by atoms with Crippen LogP contribution in [0.5, 0.6) is 0 Å². The highest BCUT2D eigenvalue weighted by atomic mass is 15.1. The standard InChI is InChI=1S/C60H50N2/c1-3-5-7-11-17-47-22-38-59(39-23-47)62(58-20-14-10-15-21-58)60-44-36-55(37-45-60)52-30-26-50(27-31-52)49-24-28-51(29-25-49)54-34-42-57(43-35-54)61(46-16-8-6-4-2)56-40-32-53(33-41-56)48-18-12-9-13-19-48/h3-40,42-46,56H,1-2,41H2/b7-5-,8-6-,17-11+,46-16+/i2D,4D,6D,8D,10D,14D,15D,16D,20D,21D/b4-2?,7-5-,8-6-,17-11+,46-16+. The van der Waals surface area contributed by atoms with Gasteiger partial charge in [0.25, 0.3) is 0 Å². The summed E-state index contributed by atoms with van der Waals surface area (Å²) in [6.07, 6.45) is 17.7. The number of rotatable bonds is 15. The third kappa shape index (κ3) is 10.1. The highest BCUT2D eigenvalue weighted by molar-refractivity contribution is 5.80. The van der Waals surface area contributed by atoms with E-state index >= 15 is 0 Å². The fourth-order valence-corrected chi connectivity index (χ4v) is 7.34. The van der Waals surface area contributed by atoms with Gasteiger partial charge in [0, 0.05) is 28.9 Å². The van der Waals surface area contributed by atoms with Gasteiger partial charge in [0.1, 0.15) is 0 Å². The summed E-state index contributed by atoms with van der Waals surface area (Å²) in [5.41, 5.74) is 11.3. The van der Waals surface area contributed by atoms with E-state index in [4.69, 9.17) is 13.7 Å². The maximum Gasteiger partial charge on any atom is 0.0645 e. The second kappa shape index (κ2) is 20.4. The Morgan fingerprint density at radius 1 is 0.548 bits per heavy atom. The molecular formula is C60H50N2. The Bertz CT molecular complexity index is 3270. The molecule has 0 N–H and O–H groups in total. The van der Waals surface area contributed by atoms with E-state index in [0.29, 0.717) is 24.4 Å². The van der Waals surface area contributed by atoms with E-state index in [1.54, 1.807) is 11.0 Å². The number of hydrogen-bond acceptors (Lipinski definition) is 2. The van der Waals surface area contributed by atoms with Crippen LogP contribution in [0.3, 0.4) is 0 Å². The van der Waals surface area contributed by atoms with Gasteiger partial charge in [0.15, 0.2) is 0 Å². The molecule has 0 aliphatic heterocycles. The number of benzene rings is 7. The van der Waals surface area contributed by atoms with Crippen molar-refractivity contribution in [1.82, 2.24) is 0 Å². The first kappa shape index (κ1) is 30.1. The molecule has 0 radical (unpaired) electrons. The van der Waals surface area contributed by atoms with Crippen LogP contribution < -0.4 is 9.80 Å². The molecule has 2 nitrogen and oxygen atoms in total. The van der Waals surface area contributed by atoms with Crippen molar-refractivity contribution in [1.29, 1.82) is 0 Å². The number of anilines is 4. The summed E-state index contributed by atoms with van der Waals surface area (Å²) in [5, 5.41) is 0. The SMILES string of the molecule is [2H]C=C([2H])/C([2H])=C([2H])\C([2H])=C\N(c1ccc(-c2ccc(-c3ccc(-c4ccc(N(c5ccc(/C=C/C=C\C=C)cc5)c5c([2H])c([2H])c([2H])c([2H])c5[2H])cc4)cc3)cc2)cc1)C1C=CC(c2ccccc2)=CC1.